The van der Waals surface area contributed by atoms with Gasteiger partial charge in [0.2, 0.25) is 5.91 Å². The number of ether oxygens (including phenoxy) is 2. The summed E-state index contributed by atoms with van der Waals surface area (Å²) < 4.78 is 37.2. The van der Waals surface area contributed by atoms with Crippen LogP contribution in [-0.2, 0) is 16.0 Å². The van der Waals surface area contributed by atoms with Crippen LogP contribution in [0.4, 0.5) is 13.6 Å². The first-order valence-corrected chi connectivity index (χ1v) is 11.4. The van der Waals surface area contributed by atoms with Crippen LogP contribution in [0.2, 0.25) is 0 Å². The zero-order chi connectivity index (χ0) is 24.9. The van der Waals surface area contributed by atoms with Crippen LogP contribution in [0.25, 0.3) is 0 Å². The predicted molar refractivity (Wildman–Crippen MR) is 121 cm³/mol. The molecule has 0 spiro atoms. The second-order valence-corrected chi connectivity index (χ2v) is 9.39. The minimum Gasteiger partial charge on any atom is -0.489 e. The molecule has 10 heteroatoms. The first-order valence-electron chi connectivity index (χ1n) is 11.4. The molecule has 0 aromatic heterocycles. The minimum absolute atomic E-state index is 0.0400. The molecule has 0 saturated carbocycles. The summed E-state index contributed by atoms with van der Waals surface area (Å²) >= 11 is 0. The highest BCUT2D eigenvalue weighted by molar-refractivity contribution is 5.99. The molecular weight excluding hydrogens is 448 g/mol. The number of halogens is 2. The van der Waals surface area contributed by atoms with Gasteiger partial charge >= 0.3 is 6.09 Å². The van der Waals surface area contributed by atoms with Crippen molar-refractivity contribution in [3.8, 4) is 5.75 Å². The van der Waals surface area contributed by atoms with Crippen molar-refractivity contribution in [2.75, 3.05) is 39.3 Å². The van der Waals surface area contributed by atoms with Crippen LogP contribution in [0.15, 0.2) is 29.9 Å². The van der Waals surface area contributed by atoms with Gasteiger partial charge in [0.25, 0.3) is 12.0 Å². The lowest BCUT2D eigenvalue weighted by atomic mass is 9.98. The molecule has 1 N–H and O–H groups in total. The predicted octanol–water partition coefficient (Wildman–Crippen LogP) is 3.36. The van der Waals surface area contributed by atoms with Crippen molar-refractivity contribution in [1.29, 1.82) is 0 Å². The number of alkyl carbamates (subject to hydrolysis) is 1. The largest absolute Gasteiger partial charge is 0.489 e. The molecule has 3 rings (SSSR count). The molecule has 0 atom stereocenters. The molecule has 0 aliphatic carbocycles. The molecule has 1 aromatic rings. The van der Waals surface area contributed by atoms with Crippen molar-refractivity contribution in [2.45, 2.75) is 45.6 Å². The number of amides is 3. The maximum Gasteiger partial charge on any atom is 0.407 e. The van der Waals surface area contributed by atoms with Crippen molar-refractivity contribution in [2.24, 2.45) is 0 Å². The van der Waals surface area contributed by atoms with E-state index >= 15 is 0 Å². The minimum atomic E-state index is -1.94. The van der Waals surface area contributed by atoms with Crippen molar-refractivity contribution in [3.05, 3.63) is 41.0 Å². The van der Waals surface area contributed by atoms with Gasteiger partial charge in [-0.3, -0.25) is 9.59 Å². The van der Waals surface area contributed by atoms with E-state index in [1.54, 1.807) is 42.7 Å². The summed E-state index contributed by atoms with van der Waals surface area (Å²) in [5.74, 6) is 0.0725. The number of carbonyl (C=O) groups excluding carboxylic acids is 3. The van der Waals surface area contributed by atoms with Gasteiger partial charge in [0.05, 0.1) is 12.1 Å². The molecule has 2 aliphatic rings. The summed E-state index contributed by atoms with van der Waals surface area (Å²) in [4.78, 5) is 40.3. The third-order valence-corrected chi connectivity index (χ3v) is 5.56. The van der Waals surface area contributed by atoms with E-state index in [9.17, 15) is 23.2 Å². The fourth-order valence-corrected chi connectivity index (χ4v) is 3.82. The topological polar surface area (TPSA) is 88.2 Å². The number of likely N-dealkylation sites (tertiary alicyclic amines) is 1. The Morgan fingerprint density at radius 1 is 1.12 bits per heavy atom. The molecule has 2 aliphatic heterocycles. The number of fused-ring (bicyclic) bond motifs is 1. The first kappa shape index (κ1) is 25.5. The van der Waals surface area contributed by atoms with Crippen molar-refractivity contribution in [3.63, 3.8) is 0 Å². The van der Waals surface area contributed by atoms with Crippen molar-refractivity contribution in [1.82, 2.24) is 15.1 Å². The molecule has 1 fully saturated rings. The second-order valence-electron chi connectivity index (χ2n) is 9.39. The van der Waals surface area contributed by atoms with Crippen molar-refractivity contribution < 1.29 is 32.6 Å². The van der Waals surface area contributed by atoms with Gasteiger partial charge in [-0.1, -0.05) is 0 Å². The van der Waals surface area contributed by atoms with E-state index in [2.05, 4.69) is 5.32 Å². The first-order chi connectivity index (χ1) is 16.0. The summed E-state index contributed by atoms with van der Waals surface area (Å²) in [5, 5.41) is 2.29. The normalized spacial score (nSPS) is 15.6. The maximum atomic E-state index is 13.3. The van der Waals surface area contributed by atoms with Gasteiger partial charge in [-0.2, -0.15) is 8.78 Å². The van der Waals surface area contributed by atoms with E-state index < -0.39 is 30.9 Å². The average Bonchev–Trinajstić information content (AvgIpc) is 3.29. The van der Waals surface area contributed by atoms with Crippen LogP contribution in [-0.4, -0.2) is 72.6 Å². The fourth-order valence-electron chi connectivity index (χ4n) is 3.82. The van der Waals surface area contributed by atoms with Crippen molar-refractivity contribution >= 4 is 17.9 Å². The summed E-state index contributed by atoms with van der Waals surface area (Å²) in [6.45, 7) is 6.11. The lowest BCUT2D eigenvalue weighted by Crippen LogP contribution is -2.45. The fraction of sp³-hybridized carbons (Fsp3) is 0.542. The van der Waals surface area contributed by atoms with Crippen LogP contribution in [0.5, 0.6) is 5.75 Å². The summed E-state index contributed by atoms with van der Waals surface area (Å²) in [6, 6.07) is 4.78. The average molecular weight is 480 g/mol. The third-order valence-electron chi connectivity index (χ3n) is 5.56. The molecule has 0 unspecified atom stereocenters. The Bertz CT molecular complexity index is 964. The molecule has 1 aromatic carbocycles. The lowest BCUT2D eigenvalue weighted by Gasteiger charge is -2.29. The number of rotatable bonds is 7. The quantitative estimate of drug-likeness (QED) is 0.648. The monoisotopic (exact) mass is 479 g/mol. The van der Waals surface area contributed by atoms with E-state index in [1.165, 1.54) is 6.07 Å². The molecule has 3 amide bonds. The molecule has 0 radical (unpaired) electrons. The number of nitrogens with zero attached hydrogens (tertiary/aromatic N) is 2. The Morgan fingerprint density at radius 3 is 2.47 bits per heavy atom. The standard InChI is InChI=1S/C24H31F2N3O5/c1-24(2,3)34-23(32)27-13-17(21(25)26)15-33-18-6-7-19-16(12-18)8-11-29(22(19)31)14-20(30)28-9-4-5-10-28/h6-7,12H,4-5,8-11,13-15H2,1-3H3,(H,27,32). The number of hydrogen-bond donors (Lipinski definition) is 1. The molecule has 2 heterocycles. The summed E-state index contributed by atoms with van der Waals surface area (Å²) in [7, 11) is 0. The second kappa shape index (κ2) is 10.8. The van der Waals surface area contributed by atoms with Crippen LogP contribution in [0.1, 0.15) is 49.5 Å². The lowest BCUT2D eigenvalue weighted by molar-refractivity contribution is -0.130. The van der Waals surface area contributed by atoms with E-state index in [0.717, 1.165) is 31.5 Å². The van der Waals surface area contributed by atoms with E-state index in [4.69, 9.17) is 9.47 Å². The molecular formula is C24H31F2N3O5. The van der Waals surface area contributed by atoms with Gasteiger partial charge in [-0.05, 0) is 63.8 Å². The number of carbonyl (C=O) groups is 3. The van der Waals surface area contributed by atoms with Gasteiger partial charge in [-0.15, -0.1) is 0 Å². The Labute approximate surface area is 197 Å². The number of hydrogen-bond acceptors (Lipinski definition) is 5. The Balaban J connectivity index is 1.56. The van der Waals surface area contributed by atoms with E-state index in [0.29, 0.717) is 24.3 Å². The van der Waals surface area contributed by atoms with Crippen LogP contribution in [0, 0.1) is 0 Å². The third kappa shape index (κ3) is 6.91. The molecule has 1 saturated heterocycles. The molecule has 186 valence electrons. The SMILES string of the molecule is CC(C)(C)OC(=O)NCC(COc1ccc2c(c1)CCN(CC(=O)N1CCCC1)C2=O)=C(F)F. The molecule has 34 heavy (non-hydrogen) atoms. The summed E-state index contributed by atoms with van der Waals surface area (Å²) in [6.07, 6.45) is -0.225. The summed E-state index contributed by atoms with van der Waals surface area (Å²) in [5.41, 5.74) is 0.0969. The molecule has 0 bridgehead atoms. The smallest absolute Gasteiger partial charge is 0.407 e. The zero-order valence-electron chi connectivity index (χ0n) is 19.8. The number of nitrogens with one attached hydrogen (secondary N) is 1. The van der Waals surface area contributed by atoms with Gasteiger partial charge < -0.3 is 24.6 Å². The van der Waals surface area contributed by atoms with E-state index in [-0.39, 0.29) is 23.9 Å². The van der Waals surface area contributed by atoms with E-state index in [1.807, 2.05) is 0 Å². The number of benzene rings is 1. The van der Waals surface area contributed by atoms with Crippen LogP contribution >= 0.6 is 0 Å². The van der Waals surface area contributed by atoms with Gasteiger partial charge in [0, 0.05) is 25.2 Å². The van der Waals surface area contributed by atoms with Gasteiger partial charge in [0.1, 0.15) is 24.5 Å². The van der Waals surface area contributed by atoms with Crippen LogP contribution in [0.3, 0.4) is 0 Å². The molecule has 8 nitrogen and oxygen atoms in total. The van der Waals surface area contributed by atoms with Crippen LogP contribution < -0.4 is 10.1 Å². The Hall–Kier alpha value is -3.17. The zero-order valence-corrected chi connectivity index (χ0v) is 19.8. The maximum absolute atomic E-state index is 13.3. The Kier molecular flexibility index (Phi) is 8.11. The highest BCUT2D eigenvalue weighted by atomic mass is 19.3. The Morgan fingerprint density at radius 2 is 1.82 bits per heavy atom. The van der Waals surface area contributed by atoms with Gasteiger partial charge in [0.15, 0.2) is 0 Å². The highest BCUT2D eigenvalue weighted by Crippen LogP contribution is 2.25. The highest BCUT2D eigenvalue weighted by Gasteiger charge is 2.28. The van der Waals surface area contributed by atoms with Gasteiger partial charge in [-0.25, -0.2) is 4.79 Å².